The number of furan rings is 1. The number of hydrogen-bond acceptors (Lipinski definition) is 8. The number of nitrogens with zero attached hydrogens (tertiary/aromatic N) is 2. The van der Waals surface area contributed by atoms with Gasteiger partial charge < -0.3 is 29.3 Å². The summed E-state index contributed by atoms with van der Waals surface area (Å²) in [7, 11) is 0. The van der Waals surface area contributed by atoms with E-state index in [4.69, 9.17) is 30.0 Å². The molecule has 2 aromatic heterocycles. The highest BCUT2D eigenvalue weighted by atomic mass is 35.5. The van der Waals surface area contributed by atoms with Crippen molar-refractivity contribution < 1.29 is 22.9 Å². The van der Waals surface area contributed by atoms with Crippen molar-refractivity contribution in [2.75, 3.05) is 18.4 Å². The van der Waals surface area contributed by atoms with Crippen molar-refractivity contribution in [3.8, 4) is 45.0 Å². The van der Waals surface area contributed by atoms with Crippen LogP contribution in [0.1, 0.15) is 75.2 Å². The third-order valence-corrected chi connectivity index (χ3v) is 10.5. The summed E-state index contributed by atoms with van der Waals surface area (Å²) in [6.45, 7) is 17.4. The molecule has 3 heterocycles. The van der Waals surface area contributed by atoms with Gasteiger partial charge in [0.1, 0.15) is 11.3 Å². The molecule has 1 aliphatic heterocycles. The number of carbonyl (C=O) groups excluding carboxylic acids is 2. The van der Waals surface area contributed by atoms with Crippen LogP contribution in [0.4, 0.5) is 5.69 Å². The molecule has 2 amide bonds. The van der Waals surface area contributed by atoms with Crippen LogP contribution in [0, 0.1) is 13.8 Å². The second kappa shape index (κ2) is 16.6. The number of fused-ring (bicyclic) bond motifs is 2. The first-order chi connectivity index (χ1) is 28.2. The third-order valence-electron chi connectivity index (χ3n) is 10.3. The molecule has 0 saturated heterocycles. The lowest BCUT2D eigenvalue weighted by molar-refractivity contribution is -0.122. The van der Waals surface area contributed by atoms with Gasteiger partial charge in [-0.15, -0.1) is 0 Å². The summed E-state index contributed by atoms with van der Waals surface area (Å²) >= 11 is 6.08. The van der Waals surface area contributed by atoms with Crippen molar-refractivity contribution in [1.29, 1.82) is 0 Å². The van der Waals surface area contributed by atoms with E-state index in [1.54, 1.807) is 12.1 Å². The number of carbonyl (C=O) groups is 2. The van der Waals surface area contributed by atoms with E-state index in [-0.39, 0.29) is 23.5 Å². The highest BCUT2D eigenvalue weighted by Crippen LogP contribution is 2.43. The molecule has 0 unspecified atom stereocenters. The second-order valence-corrected chi connectivity index (χ2v) is 16.6. The van der Waals surface area contributed by atoms with Gasteiger partial charge in [0.25, 0.3) is 5.91 Å². The standard InChI is InChI=1S/C48H50ClN5O5/c1-9-50-35-24-38-33(22-28(35)3)44(34-23-29(4)36(51-10-2)25-39(34)57-38)31-18-14-15-19-32(31)46(56)53-48(7,8)27-47(5,6)52-42(55)26-40-43(30-16-12-11-13-17-30)45(54-59-40)37-20-21-41(49)58-37/h11-25,50H,9-10,26-27H2,1-8H3,(H,52,55)(H,53,56). The predicted molar refractivity (Wildman–Crippen MR) is 235 cm³/mol. The lowest BCUT2D eigenvalue weighted by atomic mass is 9.85. The number of amides is 2. The van der Waals surface area contributed by atoms with Crippen LogP contribution in [0.25, 0.3) is 56.0 Å². The van der Waals surface area contributed by atoms with Crippen molar-refractivity contribution in [3.63, 3.8) is 0 Å². The van der Waals surface area contributed by atoms with Crippen LogP contribution >= 0.6 is 11.6 Å². The van der Waals surface area contributed by atoms with Gasteiger partial charge in [-0.2, -0.15) is 0 Å². The molecule has 59 heavy (non-hydrogen) atoms. The van der Waals surface area contributed by atoms with Crippen LogP contribution < -0.4 is 21.3 Å². The van der Waals surface area contributed by atoms with Crippen molar-refractivity contribution in [1.82, 2.24) is 15.8 Å². The Morgan fingerprint density at radius 2 is 1.51 bits per heavy atom. The molecule has 1 aliphatic carbocycles. The monoisotopic (exact) mass is 811 g/mol. The van der Waals surface area contributed by atoms with Crippen molar-refractivity contribution in [2.45, 2.75) is 79.3 Å². The van der Waals surface area contributed by atoms with Gasteiger partial charge in [-0.3, -0.25) is 14.6 Å². The van der Waals surface area contributed by atoms with Crippen molar-refractivity contribution in [2.24, 2.45) is 4.99 Å². The number of aryl methyl sites for hydroxylation is 2. The van der Waals surface area contributed by atoms with Crippen LogP contribution in [-0.4, -0.2) is 41.1 Å². The minimum Gasteiger partial charge on any atom is -0.456 e. The maximum Gasteiger partial charge on any atom is 0.252 e. The Bertz CT molecular complexity index is 2710. The zero-order chi connectivity index (χ0) is 42.1. The Morgan fingerprint density at radius 1 is 0.780 bits per heavy atom. The number of halogens is 1. The summed E-state index contributed by atoms with van der Waals surface area (Å²) in [5.41, 5.74) is 7.37. The Hall–Kier alpha value is -6.13. The number of rotatable bonds is 13. The first kappa shape index (κ1) is 41.0. The van der Waals surface area contributed by atoms with E-state index < -0.39 is 11.1 Å². The van der Waals surface area contributed by atoms with Crippen LogP contribution in [0.2, 0.25) is 5.22 Å². The van der Waals surface area contributed by atoms with Crippen LogP contribution in [-0.2, 0) is 11.2 Å². The summed E-state index contributed by atoms with van der Waals surface area (Å²) in [5.74, 6) is 1.03. The smallest absolute Gasteiger partial charge is 0.252 e. The van der Waals surface area contributed by atoms with E-state index in [1.807, 2.05) is 108 Å². The van der Waals surface area contributed by atoms with Gasteiger partial charge in [0.05, 0.1) is 17.3 Å². The average molecular weight is 812 g/mol. The van der Waals surface area contributed by atoms with E-state index >= 15 is 0 Å². The molecule has 0 bridgehead atoms. The molecule has 0 radical (unpaired) electrons. The third kappa shape index (κ3) is 8.83. The number of aromatic nitrogens is 1. The predicted octanol–water partition coefficient (Wildman–Crippen LogP) is 10.8. The summed E-state index contributed by atoms with van der Waals surface area (Å²) in [6, 6.07) is 28.9. The fraction of sp³-hybridized carbons (Fsp3) is 0.292. The van der Waals surface area contributed by atoms with E-state index in [0.717, 1.165) is 56.4 Å². The SMILES string of the molecule is CCN=c1cc2oc3cc(NCC)c(C)cc3c(-c3ccccc3C(=O)NC(C)(C)CC(C)(C)NC(=O)Cc3onc(-c4ccc(Cl)o4)c3-c3ccccc3)c-2cc1C. The lowest BCUT2D eigenvalue weighted by Crippen LogP contribution is -2.54. The van der Waals surface area contributed by atoms with E-state index in [2.05, 4.69) is 47.1 Å². The number of benzene rings is 4. The maximum atomic E-state index is 14.5. The fourth-order valence-electron chi connectivity index (χ4n) is 8.19. The molecule has 3 N–H and O–H groups in total. The van der Waals surface area contributed by atoms with Gasteiger partial charge in [-0.1, -0.05) is 53.7 Å². The molecular weight excluding hydrogens is 762 g/mol. The Morgan fingerprint density at radius 3 is 2.22 bits per heavy atom. The van der Waals surface area contributed by atoms with Gasteiger partial charge in [-0.25, -0.2) is 0 Å². The largest absolute Gasteiger partial charge is 0.456 e. The molecule has 7 rings (SSSR count). The molecule has 0 atom stereocenters. The molecule has 2 aliphatic rings. The normalized spacial score (nSPS) is 12.3. The molecule has 304 valence electrons. The van der Waals surface area contributed by atoms with Gasteiger partial charge in [0, 0.05) is 64.1 Å². The Kier molecular flexibility index (Phi) is 11.6. The minimum atomic E-state index is -0.741. The van der Waals surface area contributed by atoms with Crippen LogP contribution in [0.5, 0.6) is 0 Å². The number of anilines is 1. The number of nitrogens with one attached hydrogen (secondary N) is 3. The molecule has 5 aromatic rings. The minimum absolute atomic E-state index is 0.0660. The summed E-state index contributed by atoms with van der Waals surface area (Å²) in [4.78, 5) is 32.9. The zero-order valence-corrected chi connectivity index (χ0v) is 35.6. The van der Waals surface area contributed by atoms with Crippen LogP contribution in [0.3, 0.4) is 0 Å². The molecular formula is C48H50ClN5O5. The Balaban J connectivity index is 1.16. The van der Waals surface area contributed by atoms with E-state index in [9.17, 15) is 9.59 Å². The first-order valence-corrected chi connectivity index (χ1v) is 20.3. The van der Waals surface area contributed by atoms with Crippen molar-refractivity contribution in [3.05, 3.63) is 124 Å². The second-order valence-electron chi connectivity index (χ2n) is 16.2. The summed E-state index contributed by atoms with van der Waals surface area (Å²) in [5, 5.41) is 16.2. The molecule has 11 heteroatoms. The van der Waals surface area contributed by atoms with Crippen LogP contribution in [0.15, 0.2) is 109 Å². The Labute approximate surface area is 349 Å². The average Bonchev–Trinajstić information content (AvgIpc) is 3.80. The summed E-state index contributed by atoms with van der Waals surface area (Å²) in [6.07, 6.45) is 0.354. The molecule has 0 spiro atoms. The molecule has 3 aromatic carbocycles. The topological polar surface area (TPSA) is 135 Å². The highest BCUT2D eigenvalue weighted by Gasteiger charge is 2.33. The maximum absolute atomic E-state index is 14.5. The van der Waals surface area contributed by atoms with Gasteiger partial charge in [-0.05, 0) is 126 Å². The molecule has 0 saturated carbocycles. The fourth-order valence-corrected chi connectivity index (χ4v) is 8.34. The highest BCUT2D eigenvalue weighted by molar-refractivity contribution is 6.29. The zero-order valence-electron chi connectivity index (χ0n) is 34.8. The lowest BCUT2D eigenvalue weighted by Gasteiger charge is -2.36. The first-order valence-electron chi connectivity index (χ1n) is 20.0. The molecule has 10 nitrogen and oxygen atoms in total. The summed E-state index contributed by atoms with van der Waals surface area (Å²) < 4.78 is 18.0. The number of hydrogen-bond donors (Lipinski definition) is 3. The van der Waals surface area contributed by atoms with Gasteiger partial charge >= 0.3 is 0 Å². The molecule has 0 fully saturated rings. The van der Waals surface area contributed by atoms with E-state index in [1.165, 1.54) is 0 Å². The quantitative estimate of drug-likeness (QED) is 0.0987. The van der Waals surface area contributed by atoms with Gasteiger partial charge in [0.2, 0.25) is 5.91 Å². The van der Waals surface area contributed by atoms with Crippen molar-refractivity contribution >= 4 is 40.1 Å². The van der Waals surface area contributed by atoms with E-state index in [0.29, 0.717) is 52.7 Å². The van der Waals surface area contributed by atoms with Gasteiger partial charge in [0.15, 0.2) is 22.4 Å².